The van der Waals surface area contributed by atoms with Gasteiger partial charge in [0.15, 0.2) is 8.32 Å². The average Bonchev–Trinajstić information content (AvgIpc) is 3.13. The fraction of sp³-hybridized carbons (Fsp3) is 0.440. The second-order valence-corrected chi connectivity index (χ2v) is 14.4. The van der Waals surface area contributed by atoms with E-state index in [1.54, 1.807) is 11.1 Å². The topological polar surface area (TPSA) is 51.7 Å². The Balaban J connectivity index is 1.72. The molecule has 1 saturated heterocycles. The Morgan fingerprint density at radius 3 is 2.52 bits per heavy atom. The van der Waals surface area contributed by atoms with Crippen molar-refractivity contribution in [2.24, 2.45) is 0 Å². The highest BCUT2D eigenvalue weighted by molar-refractivity contribution is 6.74. The maximum atomic E-state index is 13.0. The van der Waals surface area contributed by atoms with Crippen LogP contribution in [0.2, 0.25) is 18.1 Å². The number of aromatic nitrogens is 1. The molecule has 2 atom stereocenters. The number of pyridine rings is 1. The lowest BCUT2D eigenvalue weighted by atomic mass is 10.1. The minimum atomic E-state index is -1.94. The van der Waals surface area contributed by atoms with Gasteiger partial charge < -0.3 is 9.16 Å². The molecule has 0 aliphatic carbocycles. The number of ether oxygens (including phenoxy) is 1. The number of carbonyl (C=O) groups is 1. The second kappa shape index (κ2) is 9.79. The molecule has 0 spiro atoms. The Morgan fingerprint density at radius 1 is 1.16 bits per heavy atom. The maximum absolute atomic E-state index is 13.0. The van der Waals surface area contributed by atoms with Gasteiger partial charge in [0.05, 0.1) is 17.8 Å². The molecule has 1 aliphatic rings. The predicted molar refractivity (Wildman–Crippen MR) is 127 cm³/mol. The standard InChI is InChI=1S/C25H34N2O3Si/c1-25(2,3)31(4,5)30-23-17-22(15-14-21-13-9-10-16-26-21)27(18-23)24(28)29-19-20-11-7-6-8-12-20/h6-16,22-23H,17-19H2,1-5H3/b15-14+/t22-,23-/m1/s1. The van der Waals surface area contributed by atoms with E-state index in [0.29, 0.717) is 6.54 Å². The van der Waals surface area contributed by atoms with E-state index < -0.39 is 8.32 Å². The molecule has 2 aromatic rings. The third kappa shape index (κ3) is 6.28. The van der Waals surface area contributed by atoms with Crippen LogP contribution in [0.25, 0.3) is 6.08 Å². The van der Waals surface area contributed by atoms with E-state index in [4.69, 9.17) is 9.16 Å². The molecule has 1 amide bonds. The van der Waals surface area contributed by atoms with Crippen LogP contribution in [0.1, 0.15) is 38.4 Å². The van der Waals surface area contributed by atoms with Crippen LogP contribution in [0.4, 0.5) is 4.79 Å². The largest absolute Gasteiger partial charge is 0.445 e. The lowest BCUT2D eigenvalue weighted by Gasteiger charge is -2.38. The van der Waals surface area contributed by atoms with Crippen LogP contribution in [0.3, 0.4) is 0 Å². The van der Waals surface area contributed by atoms with E-state index in [1.165, 1.54) is 0 Å². The normalized spacial score (nSPS) is 19.7. The first-order valence-electron chi connectivity index (χ1n) is 10.9. The molecule has 2 heterocycles. The number of hydrogen-bond acceptors (Lipinski definition) is 4. The van der Waals surface area contributed by atoms with Gasteiger partial charge in [-0.2, -0.15) is 0 Å². The van der Waals surface area contributed by atoms with Crippen molar-refractivity contribution in [3.8, 4) is 0 Å². The SMILES string of the molecule is CC(C)(C)[Si](C)(C)O[C@@H]1C[C@@H](/C=C/c2ccccn2)N(C(=O)OCc2ccccc2)C1. The predicted octanol–water partition coefficient (Wildman–Crippen LogP) is 5.90. The first-order valence-corrected chi connectivity index (χ1v) is 13.8. The Kier molecular flexibility index (Phi) is 7.33. The van der Waals surface area contributed by atoms with E-state index >= 15 is 0 Å². The molecule has 1 aromatic heterocycles. The highest BCUT2D eigenvalue weighted by Gasteiger charge is 2.43. The van der Waals surface area contributed by atoms with Gasteiger partial charge in [0.1, 0.15) is 6.61 Å². The molecule has 0 N–H and O–H groups in total. The van der Waals surface area contributed by atoms with Gasteiger partial charge in [-0.25, -0.2) is 4.79 Å². The number of hydrogen-bond donors (Lipinski definition) is 0. The number of nitrogens with zero attached hydrogens (tertiary/aromatic N) is 2. The van der Waals surface area contributed by atoms with Crippen molar-refractivity contribution in [1.29, 1.82) is 0 Å². The minimum Gasteiger partial charge on any atom is -0.445 e. The molecule has 31 heavy (non-hydrogen) atoms. The van der Waals surface area contributed by atoms with Crippen LogP contribution in [-0.4, -0.2) is 43.0 Å². The van der Waals surface area contributed by atoms with Crippen LogP contribution in [0, 0.1) is 0 Å². The van der Waals surface area contributed by atoms with Crippen molar-refractivity contribution >= 4 is 20.5 Å². The molecule has 1 aliphatic heterocycles. The van der Waals surface area contributed by atoms with Crippen molar-refractivity contribution in [2.75, 3.05) is 6.54 Å². The van der Waals surface area contributed by atoms with E-state index in [1.807, 2.05) is 60.7 Å². The van der Waals surface area contributed by atoms with Gasteiger partial charge in [-0.3, -0.25) is 9.88 Å². The Hall–Kier alpha value is -2.44. The second-order valence-electron chi connectivity index (χ2n) is 9.61. The summed E-state index contributed by atoms with van der Waals surface area (Å²) in [5, 5.41) is 0.119. The number of benzene rings is 1. The Labute approximate surface area is 187 Å². The van der Waals surface area contributed by atoms with Crippen LogP contribution < -0.4 is 0 Å². The van der Waals surface area contributed by atoms with Gasteiger partial charge in [0.25, 0.3) is 0 Å². The highest BCUT2D eigenvalue weighted by atomic mass is 28.4. The van der Waals surface area contributed by atoms with Crippen LogP contribution in [0.5, 0.6) is 0 Å². The molecular weight excluding hydrogens is 404 g/mol. The Bertz CT molecular complexity index is 879. The molecule has 1 fully saturated rings. The number of likely N-dealkylation sites (tertiary alicyclic amines) is 1. The summed E-state index contributed by atoms with van der Waals surface area (Å²) in [5.41, 5.74) is 1.85. The van der Waals surface area contributed by atoms with Crippen molar-refractivity contribution < 1.29 is 14.0 Å². The molecule has 6 heteroatoms. The van der Waals surface area contributed by atoms with Gasteiger partial charge >= 0.3 is 6.09 Å². The first-order chi connectivity index (χ1) is 14.7. The zero-order chi connectivity index (χ0) is 22.5. The summed E-state index contributed by atoms with van der Waals surface area (Å²) in [4.78, 5) is 19.1. The van der Waals surface area contributed by atoms with Crippen molar-refractivity contribution in [3.63, 3.8) is 0 Å². The van der Waals surface area contributed by atoms with Crippen molar-refractivity contribution in [1.82, 2.24) is 9.88 Å². The fourth-order valence-electron chi connectivity index (χ4n) is 3.38. The third-order valence-electron chi connectivity index (χ3n) is 6.19. The molecule has 0 radical (unpaired) electrons. The van der Waals surface area contributed by atoms with E-state index in [-0.39, 0.29) is 29.9 Å². The van der Waals surface area contributed by atoms with Crippen molar-refractivity contribution in [2.45, 2.75) is 64.1 Å². The van der Waals surface area contributed by atoms with E-state index in [0.717, 1.165) is 17.7 Å². The summed E-state index contributed by atoms with van der Waals surface area (Å²) in [6.45, 7) is 12.0. The van der Waals surface area contributed by atoms with Crippen LogP contribution in [0.15, 0.2) is 60.8 Å². The monoisotopic (exact) mass is 438 g/mol. The van der Waals surface area contributed by atoms with Gasteiger partial charge in [0, 0.05) is 12.7 Å². The molecule has 166 valence electrons. The summed E-state index contributed by atoms with van der Waals surface area (Å²) in [7, 11) is -1.94. The summed E-state index contributed by atoms with van der Waals surface area (Å²) in [5.74, 6) is 0. The molecule has 0 bridgehead atoms. The molecular formula is C25H34N2O3Si. The smallest absolute Gasteiger partial charge is 0.410 e. The van der Waals surface area contributed by atoms with Crippen LogP contribution in [-0.2, 0) is 15.8 Å². The number of carbonyl (C=O) groups excluding carboxylic acids is 1. The summed E-state index contributed by atoms with van der Waals surface area (Å²) in [6, 6.07) is 15.5. The summed E-state index contributed by atoms with van der Waals surface area (Å²) in [6.07, 6.45) is 6.24. The number of amides is 1. The fourth-order valence-corrected chi connectivity index (χ4v) is 4.74. The van der Waals surface area contributed by atoms with Gasteiger partial charge in [0.2, 0.25) is 0 Å². The number of rotatable bonds is 6. The molecule has 0 saturated carbocycles. The van der Waals surface area contributed by atoms with E-state index in [9.17, 15) is 4.79 Å². The maximum Gasteiger partial charge on any atom is 0.410 e. The molecule has 3 rings (SSSR count). The van der Waals surface area contributed by atoms with Gasteiger partial charge in [-0.1, -0.05) is 63.2 Å². The molecule has 0 unspecified atom stereocenters. The quantitative estimate of drug-likeness (QED) is 0.527. The highest BCUT2D eigenvalue weighted by Crippen LogP contribution is 2.39. The third-order valence-corrected chi connectivity index (χ3v) is 10.7. The average molecular weight is 439 g/mol. The molecule has 1 aromatic carbocycles. The summed E-state index contributed by atoms with van der Waals surface area (Å²) >= 11 is 0. The molecule has 5 nitrogen and oxygen atoms in total. The zero-order valence-electron chi connectivity index (χ0n) is 19.2. The Morgan fingerprint density at radius 2 is 1.87 bits per heavy atom. The van der Waals surface area contributed by atoms with Gasteiger partial charge in [-0.05, 0) is 48.3 Å². The van der Waals surface area contributed by atoms with Crippen LogP contribution >= 0.6 is 0 Å². The lowest BCUT2D eigenvalue weighted by Crippen LogP contribution is -2.44. The minimum absolute atomic E-state index is 0.00329. The van der Waals surface area contributed by atoms with E-state index in [2.05, 4.69) is 38.8 Å². The lowest BCUT2D eigenvalue weighted by molar-refractivity contribution is 0.0927. The van der Waals surface area contributed by atoms with Crippen molar-refractivity contribution in [3.05, 3.63) is 72.1 Å². The first kappa shape index (κ1) is 23.2. The zero-order valence-corrected chi connectivity index (χ0v) is 20.2. The van der Waals surface area contributed by atoms with Gasteiger partial charge in [-0.15, -0.1) is 0 Å². The summed E-state index contributed by atoms with van der Waals surface area (Å²) < 4.78 is 12.3.